The van der Waals surface area contributed by atoms with Gasteiger partial charge in [-0.05, 0) is 48.9 Å². The first kappa shape index (κ1) is 16.2. The van der Waals surface area contributed by atoms with Crippen molar-refractivity contribution < 1.29 is 13.5 Å². The van der Waals surface area contributed by atoms with Crippen LogP contribution in [0.4, 0.5) is 0 Å². The fourth-order valence-corrected chi connectivity index (χ4v) is 4.24. The van der Waals surface area contributed by atoms with Gasteiger partial charge in [0, 0.05) is 6.04 Å². The lowest BCUT2D eigenvalue weighted by Crippen LogP contribution is -2.38. The molecule has 4 nitrogen and oxygen atoms in total. The average molecular weight is 331 g/mol. The molecule has 0 unspecified atom stereocenters. The van der Waals surface area contributed by atoms with Gasteiger partial charge in [0.1, 0.15) is 0 Å². The van der Waals surface area contributed by atoms with Gasteiger partial charge >= 0.3 is 0 Å². The average Bonchev–Trinajstić information content (AvgIpc) is 2.58. The maximum atomic E-state index is 12.5. The minimum absolute atomic E-state index is 0.0859. The zero-order valence-electron chi connectivity index (χ0n) is 12.9. The van der Waals surface area contributed by atoms with E-state index >= 15 is 0 Å². The van der Waals surface area contributed by atoms with Crippen LogP contribution in [0.25, 0.3) is 11.1 Å². The van der Waals surface area contributed by atoms with Gasteiger partial charge in [-0.3, -0.25) is 0 Å². The fourth-order valence-electron chi connectivity index (χ4n) is 2.94. The van der Waals surface area contributed by atoms with Gasteiger partial charge in [0.15, 0.2) is 0 Å². The third kappa shape index (κ3) is 3.99. The van der Waals surface area contributed by atoms with Crippen molar-refractivity contribution in [1.82, 2.24) is 4.72 Å². The zero-order chi connectivity index (χ0) is 16.3. The molecular formula is C18H21NO3S. The minimum Gasteiger partial charge on any atom is -0.393 e. The van der Waals surface area contributed by atoms with E-state index in [-0.39, 0.29) is 17.0 Å². The molecule has 0 amide bonds. The number of benzene rings is 2. The molecule has 0 saturated heterocycles. The van der Waals surface area contributed by atoms with Crippen molar-refractivity contribution in [1.29, 1.82) is 0 Å². The molecule has 0 bridgehead atoms. The molecule has 122 valence electrons. The van der Waals surface area contributed by atoms with Crippen molar-refractivity contribution in [2.45, 2.75) is 42.7 Å². The summed E-state index contributed by atoms with van der Waals surface area (Å²) in [6.07, 6.45) is 2.38. The van der Waals surface area contributed by atoms with E-state index in [9.17, 15) is 13.5 Å². The zero-order valence-corrected chi connectivity index (χ0v) is 13.7. The summed E-state index contributed by atoms with van der Waals surface area (Å²) in [7, 11) is -3.51. The highest BCUT2D eigenvalue weighted by Gasteiger charge is 2.24. The molecule has 2 aromatic carbocycles. The molecule has 3 rings (SSSR count). The summed E-state index contributed by atoms with van der Waals surface area (Å²) in [5.74, 6) is 0. The molecule has 0 spiro atoms. The fraction of sp³-hybridized carbons (Fsp3) is 0.333. The van der Waals surface area contributed by atoms with E-state index in [1.165, 1.54) is 0 Å². The Bertz CT molecular complexity index is 734. The van der Waals surface area contributed by atoms with Crippen molar-refractivity contribution in [3.8, 4) is 11.1 Å². The number of nitrogens with one attached hydrogen (secondary N) is 1. The lowest BCUT2D eigenvalue weighted by atomic mass is 9.94. The Hall–Kier alpha value is -1.69. The van der Waals surface area contributed by atoms with Crippen LogP contribution >= 0.6 is 0 Å². The Morgan fingerprint density at radius 3 is 2.00 bits per heavy atom. The second kappa shape index (κ2) is 6.83. The normalized spacial score (nSPS) is 22.0. The van der Waals surface area contributed by atoms with E-state index in [0.29, 0.717) is 25.7 Å². The minimum atomic E-state index is -3.51. The summed E-state index contributed by atoms with van der Waals surface area (Å²) >= 11 is 0. The molecule has 1 aliphatic carbocycles. The lowest BCUT2D eigenvalue weighted by molar-refractivity contribution is 0.120. The molecule has 23 heavy (non-hydrogen) atoms. The molecular weight excluding hydrogens is 310 g/mol. The number of sulfonamides is 1. The Morgan fingerprint density at radius 2 is 1.39 bits per heavy atom. The van der Waals surface area contributed by atoms with Crippen LogP contribution in [0.5, 0.6) is 0 Å². The molecule has 2 aromatic rings. The van der Waals surface area contributed by atoms with Gasteiger partial charge in [-0.25, -0.2) is 13.1 Å². The molecule has 2 N–H and O–H groups in total. The van der Waals surface area contributed by atoms with Gasteiger partial charge in [-0.15, -0.1) is 0 Å². The highest BCUT2D eigenvalue weighted by molar-refractivity contribution is 7.89. The van der Waals surface area contributed by atoms with Crippen molar-refractivity contribution in [3.05, 3.63) is 54.6 Å². The number of hydrogen-bond acceptors (Lipinski definition) is 3. The van der Waals surface area contributed by atoms with Crippen LogP contribution in [0, 0.1) is 0 Å². The van der Waals surface area contributed by atoms with E-state index in [1.807, 2.05) is 42.5 Å². The summed E-state index contributed by atoms with van der Waals surface area (Å²) in [6, 6.07) is 16.7. The Morgan fingerprint density at radius 1 is 0.826 bits per heavy atom. The van der Waals surface area contributed by atoms with Gasteiger partial charge in [-0.1, -0.05) is 42.5 Å². The van der Waals surface area contributed by atoms with E-state index in [2.05, 4.69) is 4.72 Å². The molecule has 1 saturated carbocycles. The molecule has 5 heteroatoms. The first-order chi connectivity index (χ1) is 11.0. The van der Waals surface area contributed by atoms with Gasteiger partial charge in [0.25, 0.3) is 0 Å². The molecule has 0 atom stereocenters. The van der Waals surface area contributed by atoms with E-state index in [4.69, 9.17) is 0 Å². The Kier molecular flexibility index (Phi) is 4.80. The second-order valence-corrected chi connectivity index (χ2v) is 7.73. The van der Waals surface area contributed by atoms with Gasteiger partial charge < -0.3 is 5.11 Å². The molecule has 0 aliphatic heterocycles. The molecule has 1 aliphatic rings. The summed E-state index contributed by atoms with van der Waals surface area (Å²) in [5.41, 5.74) is 2.05. The predicted octanol–water partition coefficient (Wildman–Crippen LogP) is 2.94. The standard InChI is InChI=1S/C18H21NO3S/c20-17-10-8-16(9-11-17)19-23(21,22)18-12-6-15(7-13-18)14-4-2-1-3-5-14/h1-7,12-13,16-17,19-20H,8-11H2/t16-,17-. The van der Waals surface area contributed by atoms with E-state index in [1.54, 1.807) is 12.1 Å². The number of aliphatic hydroxyl groups excluding tert-OH is 1. The first-order valence-corrected chi connectivity index (χ1v) is 9.39. The Labute approximate surface area is 137 Å². The van der Waals surface area contributed by atoms with Crippen molar-refractivity contribution >= 4 is 10.0 Å². The summed E-state index contributed by atoms with van der Waals surface area (Å²) in [6.45, 7) is 0. The van der Waals surface area contributed by atoms with Crippen molar-refractivity contribution in [3.63, 3.8) is 0 Å². The van der Waals surface area contributed by atoms with E-state index < -0.39 is 10.0 Å². The van der Waals surface area contributed by atoms with Gasteiger partial charge in [-0.2, -0.15) is 0 Å². The van der Waals surface area contributed by atoms with Crippen molar-refractivity contribution in [2.75, 3.05) is 0 Å². The molecule has 1 fully saturated rings. The Balaban J connectivity index is 1.73. The van der Waals surface area contributed by atoms with E-state index in [0.717, 1.165) is 11.1 Å². The highest BCUT2D eigenvalue weighted by atomic mass is 32.2. The van der Waals surface area contributed by atoms with Crippen LogP contribution in [0.3, 0.4) is 0 Å². The maximum absolute atomic E-state index is 12.5. The number of rotatable bonds is 4. The van der Waals surface area contributed by atoms with Crippen LogP contribution < -0.4 is 4.72 Å². The maximum Gasteiger partial charge on any atom is 0.240 e. The second-order valence-electron chi connectivity index (χ2n) is 6.02. The molecule has 0 radical (unpaired) electrons. The summed E-state index contributed by atoms with van der Waals surface area (Å²) in [4.78, 5) is 0.281. The lowest BCUT2D eigenvalue weighted by Gasteiger charge is -2.26. The van der Waals surface area contributed by atoms with Crippen LogP contribution in [0.15, 0.2) is 59.5 Å². The molecule has 0 heterocycles. The van der Waals surface area contributed by atoms with Crippen LogP contribution in [-0.4, -0.2) is 25.7 Å². The number of aliphatic hydroxyl groups is 1. The monoisotopic (exact) mass is 331 g/mol. The topological polar surface area (TPSA) is 66.4 Å². The first-order valence-electron chi connectivity index (χ1n) is 7.90. The quantitative estimate of drug-likeness (QED) is 0.905. The van der Waals surface area contributed by atoms with Gasteiger partial charge in [0.05, 0.1) is 11.0 Å². The summed E-state index contributed by atoms with van der Waals surface area (Å²) < 4.78 is 27.7. The van der Waals surface area contributed by atoms with Crippen LogP contribution in [-0.2, 0) is 10.0 Å². The third-order valence-electron chi connectivity index (χ3n) is 4.29. The third-order valence-corrected chi connectivity index (χ3v) is 5.83. The summed E-state index contributed by atoms with van der Waals surface area (Å²) in [5, 5.41) is 9.50. The predicted molar refractivity (Wildman–Crippen MR) is 90.5 cm³/mol. The van der Waals surface area contributed by atoms with Crippen molar-refractivity contribution in [2.24, 2.45) is 0 Å². The smallest absolute Gasteiger partial charge is 0.240 e. The van der Waals surface area contributed by atoms with Gasteiger partial charge in [0.2, 0.25) is 10.0 Å². The molecule has 0 aromatic heterocycles. The van der Waals surface area contributed by atoms with Crippen LogP contribution in [0.1, 0.15) is 25.7 Å². The largest absolute Gasteiger partial charge is 0.393 e. The number of hydrogen-bond donors (Lipinski definition) is 2. The SMILES string of the molecule is O=S(=O)(N[C@H]1CC[C@H](O)CC1)c1ccc(-c2ccccc2)cc1. The highest BCUT2D eigenvalue weighted by Crippen LogP contribution is 2.23. The van der Waals surface area contributed by atoms with Crippen LogP contribution in [0.2, 0.25) is 0 Å².